The van der Waals surface area contributed by atoms with Crippen molar-refractivity contribution in [3.63, 3.8) is 0 Å². The largest absolute Gasteiger partial charge is 0.376 e. The Balaban J connectivity index is 1.49. The molecule has 0 radical (unpaired) electrons. The highest BCUT2D eigenvalue weighted by Gasteiger charge is 2.20. The quantitative estimate of drug-likeness (QED) is 0.695. The number of hydrogen-bond acceptors (Lipinski definition) is 5. The van der Waals surface area contributed by atoms with Gasteiger partial charge in [0.1, 0.15) is 5.52 Å². The fourth-order valence-corrected chi connectivity index (χ4v) is 3.43. The normalized spacial score (nSPS) is 17.1. The summed E-state index contributed by atoms with van der Waals surface area (Å²) in [4.78, 5) is 27.5. The molecule has 0 saturated carbocycles. The van der Waals surface area contributed by atoms with E-state index in [4.69, 9.17) is 4.74 Å². The van der Waals surface area contributed by atoms with Crippen molar-refractivity contribution in [2.24, 2.45) is 0 Å². The van der Waals surface area contributed by atoms with Gasteiger partial charge in [-0.25, -0.2) is 9.97 Å². The molecule has 3 aromatic heterocycles. The van der Waals surface area contributed by atoms with E-state index >= 15 is 0 Å². The number of pyridine rings is 2. The maximum absolute atomic E-state index is 12.7. The first-order chi connectivity index (χ1) is 13.2. The molecule has 3 aromatic rings. The third-order valence-corrected chi connectivity index (χ3v) is 4.88. The van der Waals surface area contributed by atoms with Gasteiger partial charge in [-0.2, -0.15) is 0 Å². The van der Waals surface area contributed by atoms with Crippen molar-refractivity contribution in [2.45, 2.75) is 31.9 Å². The minimum absolute atomic E-state index is 0.0552. The van der Waals surface area contributed by atoms with Crippen LogP contribution in [0.2, 0.25) is 0 Å². The summed E-state index contributed by atoms with van der Waals surface area (Å²) in [5.74, 6) is -0.0552. The molecule has 1 aliphatic heterocycles. The van der Waals surface area contributed by atoms with Crippen LogP contribution >= 0.6 is 0 Å². The van der Waals surface area contributed by atoms with Crippen LogP contribution < -0.4 is 0 Å². The van der Waals surface area contributed by atoms with E-state index < -0.39 is 0 Å². The summed E-state index contributed by atoms with van der Waals surface area (Å²) in [5.41, 5.74) is 3.10. The van der Waals surface area contributed by atoms with E-state index in [1.165, 1.54) is 0 Å². The van der Waals surface area contributed by atoms with Crippen LogP contribution in [-0.4, -0.2) is 56.6 Å². The lowest BCUT2D eigenvalue weighted by molar-refractivity contribution is -0.000191. The molecule has 1 aliphatic rings. The Bertz CT molecular complexity index is 919. The van der Waals surface area contributed by atoms with E-state index in [9.17, 15) is 4.79 Å². The predicted molar refractivity (Wildman–Crippen MR) is 101 cm³/mol. The Morgan fingerprint density at radius 1 is 1.33 bits per heavy atom. The van der Waals surface area contributed by atoms with Crippen LogP contribution in [0.1, 0.15) is 35.2 Å². The second-order valence-corrected chi connectivity index (χ2v) is 6.97. The number of imidazole rings is 1. The van der Waals surface area contributed by atoms with E-state index in [1.54, 1.807) is 23.6 Å². The van der Waals surface area contributed by atoms with E-state index in [2.05, 4.69) is 15.0 Å². The van der Waals surface area contributed by atoms with Gasteiger partial charge in [0.25, 0.3) is 5.91 Å². The Kier molecular flexibility index (Phi) is 5.11. The fourth-order valence-electron chi connectivity index (χ4n) is 3.43. The molecule has 0 N–H and O–H groups in total. The molecule has 0 spiro atoms. The summed E-state index contributed by atoms with van der Waals surface area (Å²) in [6.07, 6.45) is 10.4. The lowest BCUT2D eigenvalue weighted by Crippen LogP contribution is -2.37. The number of ether oxygens (including phenoxy) is 1. The molecule has 4 rings (SSSR count). The average molecular weight is 365 g/mol. The Morgan fingerprint density at radius 3 is 3.04 bits per heavy atom. The molecule has 1 atom stereocenters. The van der Waals surface area contributed by atoms with E-state index in [0.717, 1.165) is 37.1 Å². The number of amides is 1. The lowest BCUT2D eigenvalue weighted by atomic mass is 10.1. The number of hydrogen-bond donors (Lipinski definition) is 0. The van der Waals surface area contributed by atoms with Gasteiger partial charge < -0.3 is 14.2 Å². The second kappa shape index (κ2) is 7.84. The average Bonchev–Trinajstić information content (AvgIpc) is 3.11. The molecule has 0 aromatic carbocycles. The van der Waals surface area contributed by atoms with E-state index in [-0.39, 0.29) is 12.0 Å². The maximum atomic E-state index is 12.7. The van der Waals surface area contributed by atoms with Crippen LogP contribution in [0.25, 0.3) is 11.2 Å². The molecule has 0 aliphatic carbocycles. The van der Waals surface area contributed by atoms with Gasteiger partial charge in [-0.05, 0) is 37.0 Å². The summed E-state index contributed by atoms with van der Waals surface area (Å²) in [7, 11) is 1.81. The van der Waals surface area contributed by atoms with Gasteiger partial charge in [-0.1, -0.05) is 6.07 Å². The van der Waals surface area contributed by atoms with Crippen molar-refractivity contribution < 1.29 is 9.53 Å². The Labute approximate surface area is 158 Å². The zero-order valence-electron chi connectivity index (χ0n) is 15.4. The van der Waals surface area contributed by atoms with Crippen molar-refractivity contribution in [1.82, 2.24) is 24.4 Å². The fraction of sp³-hybridized carbons (Fsp3) is 0.400. The van der Waals surface area contributed by atoms with Crippen molar-refractivity contribution in [3.8, 4) is 0 Å². The van der Waals surface area contributed by atoms with E-state index in [1.807, 2.05) is 36.0 Å². The SMILES string of the molecule is CN(CC1CCCCO1)C(=O)c1cnc2c(c1)ncn2Cc1cccnc1. The van der Waals surface area contributed by atoms with Crippen LogP contribution in [0.3, 0.4) is 0 Å². The number of fused-ring (bicyclic) bond motifs is 1. The molecule has 140 valence electrons. The smallest absolute Gasteiger partial charge is 0.255 e. The molecule has 1 fully saturated rings. The molecule has 7 heteroatoms. The molecular formula is C20H23N5O2. The first kappa shape index (κ1) is 17.6. The van der Waals surface area contributed by atoms with Crippen LogP contribution in [0.5, 0.6) is 0 Å². The van der Waals surface area contributed by atoms with Gasteiger partial charge >= 0.3 is 0 Å². The van der Waals surface area contributed by atoms with Crippen molar-refractivity contribution in [1.29, 1.82) is 0 Å². The molecule has 1 amide bonds. The van der Waals surface area contributed by atoms with Crippen molar-refractivity contribution in [2.75, 3.05) is 20.2 Å². The number of aromatic nitrogens is 4. The Morgan fingerprint density at radius 2 is 2.26 bits per heavy atom. The van der Waals surface area contributed by atoms with E-state index in [0.29, 0.717) is 24.2 Å². The predicted octanol–water partition coefficient (Wildman–Crippen LogP) is 2.52. The summed E-state index contributed by atoms with van der Waals surface area (Å²) in [6, 6.07) is 5.73. The first-order valence-corrected chi connectivity index (χ1v) is 9.27. The Hall–Kier alpha value is -2.80. The number of carbonyl (C=O) groups is 1. The molecule has 1 saturated heterocycles. The minimum atomic E-state index is -0.0552. The monoisotopic (exact) mass is 365 g/mol. The number of likely N-dealkylation sites (N-methyl/N-ethyl adjacent to an activating group) is 1. The van der Waals surface area contributed by atoms with Crippen molar-refractivity contribution >= 4 is 17.1 Å². The molecular weight excluding hydrogens is 342 g/mol. The van der Waals surface area contributed by atoms with Gasteiger partial charge in [-0.15, -0.1) is 0 Å². The van der Waals surface area contributed by atoms with Gasteiger partial charge in [0.15, 0.2) is 5.65 Å². The summed E-state index contributed by atoms with van der Waals surface area (Å²) in [6.45, 7) is 2.03. The van der Waals surface area contributed by atoms with Gasteiger partial charge in [-0.3, -0.25) is 9.78 Å². The number of carbonyl (C=O) groups excluding carboxylic acids is 1. The van der Waals surface area contributed by atoms with Crippen molar-refractivity contribution in [3.05, 3.63) is 54.2 Å². The summed E-state index contributed by atoms with van der Waals surface area (Å²) in [5, 5.41) is 0. The van der Waals surface area contributed by atoms with Gasteiger partial charge in [0.05, 0.1) is 24.5 Å². The topological polar surface area (TPSA) is 73.1 Å². The summed E-state index contributed by atoms with van der Waals surface area (Å²) >= 11 is 0. The zero-order valence-corrected chi connectivity index (χ0v) is 15.4. The molecule has 1 unspecified atom stereocenters. The minimum Gasteiger partial charge on any atom is -0.376 e. The molecule has 27 heavy (non-hydrogen) atoms. The van der Waals surface area contributed by atoms with Crippen LogP contribution in [-0.2, 0) is 11.3 Å². The molecule has 7 nitrogen and oxygen atoms in total. The summed E-state index contributed by atoms with van der Waals surface area (Å²) < 4.78 is 7.69. The first-order valence-electron chi connectivity index (χ1n) is 9.27. The molecule has 4 heterocycles. The number of nitrogens with zero attached hydrogens (tertiary/aromatic N) is 5. The van der Waals surface area contributed by atoms with Gasteiger partial charge in [0, 0.05) is 38.8 Å². The standard InChI is InChI=1S/C20H23N5O2/c1-24(13-17-6-2-3-8-27-17)20(26)16-9-18-19(22-11-16)25(14-23-18)12-15-5-4-7-21-10-15/h4-5,7,9-11,14,17H,2-3,6,8,12-13H2,1H3. The lowest BCUT2D eigenvalue weighted by Gasteiger charge is -2.27. The third-order valence-electron chi connectivity index (χ3n) is 4.88. The van der Waals surface area contributed by atoms with Crippen LogP contribution in [0.4, 0.5) is 0 Å². The maximum Gasteiger partial charge on any atom is 0.255 e. The zero-order chi connectivity index (χ0) is 18.6. The van der Waals surface area contributed by atoms with Crippen LogP contribution in [0, 0.1) is 0 Å². The highest BCUT2D eigenvalue weighted by molar-refractivity contribution is 5.96. The highest BCUT2D eigenvalue weighted by Crippen LogP contribution is 2.17. The van der Waals surface area contributed by atoms with Crippen LogP contribution in [0.15, 0.2) is 43.1 Å². The number of rotatable bonds is 5. The molecule has 0 bridgehead atoms. The second-order valence-electron chi connectivity index (χ2n) is 6.97. The highest BCUT2D eigenvalue weighted by atomic mass is 16.5. The van der Waals surface area contributed by atoms with Gasteiger partial charge in [0.2, 0.25) is 0 Å². The third kappa shape index (κ3) is 3.98.